The largest absolute Gasteiger partial charge is 0.0993 e. The van der Waals surface area contributed by atoms with E-state index < -0.39 is 0 Å². The van der Waals surface area contributed by atoms with Gasteiger partial charge in [-0.25, -0.2) is 0 Å². The standard InChI is InChI=1S/C11H22/c1-6-8-9-10(3)11(4,5)7-2/h3,6-9H2,1-2,4-5H3. The Morgan fingerprint density at radius 1 is 1.27 bits per heavy atom. The summed E-state index contributed by atoms with van der Waals surface area (Å²) in [6, 6.07) is 0. The van der Waals surface area contributed by atoms with E-state index in [0.29, 0.717) is 5.41 Å². The van der Waals surface area contributed by atoms with Gasteiger partial charge in [0.15, 0.2) is 0 Å². The molecule has 0 aromatic heterocycles. The lowest BCUT2D eigenvalue weighted by Gasteiger charge is -2.25. The maximum atomic E-state index is 4.13. The van der Waals surface area contributed by atoms with Gasteiger partial charge in [0.05, 0.1) is 0 Å². The average molecular weight is 154 g/mol. The van der Waals surface area contributed by atoms with E-state index in [-0.39, 0.29) is 0 Å². The lowest BCUT2D eigenvalue weighted by molar-refractivity contribution is 0.412. The lowest BCUT2D eigenvalue weighted by atomic mass is 9.80. The summed E-state index contributed by atoms with van der Waals surface area (Å²) in [5.74, 6) is 0. The van der Waals surface area contributed by atoms with Crippen molar-refractivity contribution in [1.29, 1.82) is 0 Å². The fourth-order valence-electron chi connectivity index (χ4n) is 0.979. The Kier molecular flexibility index (Phi) is 4.48. The van der Waals surface area contributed by atoms with E-state index in [1.807, 2.05) is 0 Å². The molecule has 0 fully saturated rings. The van der Waals surface area contributed by atoms with Gasteiger partial charge in [-0.3, -0.25) is 0 Å². The number of hydrogen-bond donors (Lipinski definition) is 0. The summed E-state index contributed by atoms with van der Waals surface area (Å²) in [7, 11) is 0. The zero-order chi connectivity index (χ0) is 8.91. The Bertz CT molecular complexity index is 120. The van der Waals surface area contributed by atoms with Crippen LogP contribution in [-0.4, -0.2) is 0 Å². The van der Waals surface area contributed by atoms with Gasteiger partial charge in [0.2, 0.25) is 0 Å². The third kappa shape index (κ3) is 3.60. The van der Waals surface area contributed by atoms with Gasteiger partial charge in [-0.15, -0.1) is 0 Å². The van der Waals surface area contributed by atoms with Crippen LogP contribution < -0.4 is 0 Å². The second-order valence-corrected chi connectivity index (χ2v) is 3.94. The molecular formula is C11H22. The van der Waals surface area contributed by atoms with Crippen molar-refractivity contribution in [3.8, 4) is 0 Å². The molecule has 0 unspecified atom stereocenters. The van der Waals surface area contributed by atoms with Gasteiger partial charge in [-0.2, -0.15) is 0 Å². The first-order valence-corrected chi connectivity index (χ1v) is 4.72. The summed E-state index contributed by atoms with van der Waals surface area (Å²) >= 11 is 0. The van der Waals surface area contributed by atoms with Gasteiger partial charge in [0.1, 0.15) is 0 Å². The molecule has 0 nitrogen and oxygen atoms in total. The highest BCUT2D eigenvalue weighted by Gasteiger charge is 2.17. The predicted molar refractivity (Wildman–Crippen MR) is 52.7 cm³/mol. The van der Waals surface area contributed by atoms with Crippen molar-refractivity contribution in [3.63, 3.8) is 0 Å². The van der Waals surface area contributed by atoms with Gasteiger partial charge in [0.25, 0.3) is 0 Å². The van der Waals surface area contributed by atoms with E-state index in [9.17, 15) is 0 Å². The minimum absolute atomic E-state index is 0.356. The highest BCUT2D eigenvalue weighted by atomic mass is 14.2. The molecule has 0 heteroatoms. The smallest absolute Gasteiger partial charge is 0.0150 e. The number of allylic oxidation sites excluding steroid dienone is 1. The Hall–Kier alpha value is -0.260. The van der Waals surface area contributed by atoms with Gasteiger partial charge in [0, 0.05) is 0 Å². The van der Waals surface area contributed by atoms with Gasteiger partial charge in [-0.05, 0) is 24.7 Å². The fraction of sp³-hybridized carbons (Fsp3) is 0.818. The van der Waals surface area contributed by atoms with Gasteiger partial charge < -0.3 is 0 Å². The zero-order valence-electron chi connectivity index (χ0n) is 8.54. The van der Waals surface area contributed by atoms with Crippen molar-refractivity contribution in [2.75, 3.05) is 0 Å². The Labute approximate surface area is 71.7 Å². The summed E-state index contributed by atoms with van der Waals surface area (Å²) < 4.78 is 0. The molecular weight excluding hydrogens is 132 g/mol. The van der Waals surface area contributed by atoms with Crippen LogP contribution in [0.2, 0.25) is 0 Å². The summed E-state index contributed by atoms with van der Waals surface area (Å²) in [6.07, 6.45) is 4.98. The minimum atomic E-state index is 0.356. The summed E-state index contributed by atoms with van der Waals surface area (Å²) in [5.41, 5.74) is 1.77. The monoisotopic (exact) mass is 154 g/mol. The van der Waals surface area contributed by atoms with E-state index in [0.717, 1.165) is 0 Å². The van der Waals surface area contributed by atoms with Crippen LogP contribution in [0.4, 0.5) is 0 Å². The first-order valence-electron chi connectivity index (χ1n) is 4.72. The molecule has 0 aliphatic heterocycles. The Morgan fingerprint density at radius 2 is 1.82 bits per heavy atom. The fourth-order valence-corrected chi connectivity index (χ4v) is 0.979. The molecule has 0 aromatic carbocycles. The maximum Gasteiger partial charge on any atom is -0.0150 e. The van der Waals surface area contributed by atoms with Gasteiger partial charge in [-0.1, -0.05) is 46.3 Å². The first kappa shape index (κ1) is 10.7. The third-order valence-electron chi connectivity index (χ3n) is 2.67. The molecule has 0 N–H and O–H groups in total. The quantitative estimate of drug-likeness (QED) is 0.521. The summed E-state index contributed by atoms with van der Waals surface area (Å²) in [6.45, 7) is 13.2. The number of unbranched alkanes of at least 4 members (excludes halogenated alkanes) is 1. The van der Waals surface area contributed by atoms with Crippen LogP contribution >= 0.6 is 0 Å². The number of rotatable bonds is 5. The van der Waals surface area contributed by atoms with Crippen LogP contribution in [0.5, 0.6) is 0 Å². The van der Waals surface area contributed by atoms with Crippen molar-refractivity contribution in [1.82, 2.24) is 0 Å². The van der Waals surface area contributed by atoms with Crippen LogP contribution in [0.25, 0.3) is 0 Å². The number of hydrogen-bond acceptors (Lipinski definition) is 0. The molecule has 0 saturated heterocycles. The second kappa shape index (κ2) is 4.58. The normalized spacial score (nSPS) is 11.6. The minimum Gasteiger partial charge on any atom is -0.0993 e. The van der Waals surface area contributed by atoms with Crippen LogP contribution in [0.15, 0.2) is 12.2 Å². The van der Waals surface area contributed by atoms with E-state index in [4.69, 9.17) is 0 Å². The Morgan fingerprint density at radius 3 is 2.18 bits per heavy atom. The maximum absolute atomic E-state index is 4.13. The summed E-state index contributed by atoms with van der Waals surface area (Å²) in [5, 5.41) is 0. The molecule has 66 valence electrons. The van der Waals surface area contributed by atoms with E-state index in [2.05, 4.69) is 34.3 Å². The topological polar surface area (TPSA) is 0 Å². The molecule has 0 radical (unpaired) electrons. The van der Waals surface area contributed by atoms with E-state index in [1.165, 1.54) is 31.3 Å². The van der Waals surface area contributed by atoms with Crippen molar-refractivity contribution in [3.05, 3.63) is 12.2 Å². The molecule has 0 rings (SSSR count). The Balaban J connectivity index is 3.82. The molecule has 0 atom stereocenters. The molecule has 0 amide bonds. The van der Waals surface area contributed by atoms with Crippen molar-refractivity contribution in [2.45, 2.75) is 53.4 Å². The summed E-state index contributed by atoms with van der Waals surface area (Å²) in [4.78, 5) is 0. The average Bonchev–Trinajstić information content (AvgIpc) is 2.00. The van der Waals surface area contributed by atoms with Crippen LogP contribution in [0, 0.1) is 5.41 Å². The highest BCUT2D eigenvalue weighted by Crippen LogP contribution is 2.31. The predicted octanol–water partition coefficient (Wildman–Crippen LogP) is 4.17. The molecule has 0 heterocycles. The zero-order valence-corrected chi connectivity index (χ0v) is 8.54. The van der Waals surface area contributed by atoms with Crippen LogP contribution in [0.1, 0.15) is 53.4 Å². The molecule has 0 spiro atoms. The first-order chi connectivity index (χ1) is 5.04. The van der Waals surface area contributed by atoms with E-state index >= 15 is 0 Å². The second-order valence-electron chi connectivity index (χ2n) is 3.94. The molecule has 11 heavy (non-hydrogen) atoms. The van der Waals surface area contributed by atoms with Crippen LogP contribution in [-0.2, 0) is 0 Å². The SMILES string of the molecule is C=C(CCCC)C(C)(C)CC. The molecule has 0 bridgehead atoms. The molecule has 0 saturated carbocycles. The van der Waals surface area contributed by atoms with Crippen molar-refractivity contribution in [2.24, 2.45) is 5.41 Å². The lowest BCUT2D eigenvalue weighted by Crippen LogP contribution is -2.12. The molecule has 0 aromatic rings. The van der Waals surface area contributed by atoms with Gasteiger partial charge >= 0.3 is 0 Å². The van der Waals surface area contributed by atoms with E-state index in [1.54, 1.807) is 0 Å². The van der Waals surface area contributed by atoms with Crippen LogP contribution in [0.3, 0.4) is 0 Å². The molecule has 0 aliphatic rings. The molecule has 0 aliphatic carbocycles. The van der Waals surface area contributed by atoms with Crippen molar-refractivity contribution < 1.29 is 0 Å². The van der Waals surface area contributed by atoms with Crippen molar-refractivity contribution >= 4 is 0 Å². The third-order valence-corrected chi connectivity index (χ3v) is 2.67. The highest BCUT2D eigenvalue weighted by molar-refractivity contribution is 5.06.